The van der Waals surface area contributed by atoms with Gasteiger partial charge in [-0.3, -0.25) is 4.79 Å². The summed E-state index contributed by atoms with van der Waals surface area (Å²) in [5.41, 5.74) is 8.77. The Balaban J connectivity index is 2.99. The second kappa shape index (κ2) is 12.9. The Bertz CT molecular complexity index is 688. The van der Waals surface area contributed by atoms with Crippen molar-refractivity contribution in [3.05, 3.63) is 20.6 Å². The number of allylic oxidation sites excluding steroid dienone is 1. The highest BCUT2D eigenvalue weighted by Gasteiger charge is 2.45. The summed E-state index contributed by atoms with van der Waals surface area (Å²) in [5.74, 6) is 1.24. The van der Waals surface area contributed by atoms with Gasteiger partial charge in [-0.15, -0.1) is 0 Å². The number of rotatable bonds is 11. The van der Waals surface area contributed by atoms with Crippen LogP contribution in [0.15, 0.2) is 15.3 Å². The number of azide groups is 1. The van der Waals surface area contributed by atoms with E-state index in [0.717, 1.165) is 6.42 Å². The van der Waals surface area contributed by atoms with E-state index in [1.54, 1.807) is 0 Å². The molecule has 1 rings (SSSR count). The first-order valence-corrected chi connectivity index (χ1v) is 16.0. The standard InChI is InChI=1S/C24H44IN3O3Si/c1-16(10-11-25)17(2)12-20(29)13-19(4)23-21(31-32(8,9)24(5,6)7)14-18(3)22(30-23)15-27-28-26/h10-11,16-19,21-23H,12-15H2,1-9H3/b11-10+/t16-,17+,18-,19+,21+,22-,23+/m1/s1. The molecule has 1 aliphatic rings. The van der Waals surface area contributed by atoms with Crippen molar-refractivity contribution >= 4 is 36.7 Å². The number of carbonyl (C=O) groups excluding carboxylic acids is 1. The lowest BCUT2D eigenvalue weighted by Crippen LogP contribution is -2.54. The number of nitrogens with zero attached hydrogens (tertiary/aromatic N) is 3. The van der Waals surface area contributed by atoms with Crippen molar-refractivity contribution in [2.24, 2.45) is 28.8 Å². The van der Waals surface area contributed by atoms with Crippen molar-refractivity contribution in [2.75, 3.05) is 6.54 Å². The molecule has 0 amide bonds. The molecule has 0 radical (unpaired) electrons. The molecule has 0 bridgehead atoms. The van der Waals surface area contributed by atoms with Crippen LogP contribution in [-0.4, -0.2) is 39.0 Å². The van der Waals surface area contributed by atoms with Crippen LogP contribution in [0.25, 0.3) is 10.4 Å². The molecule has 0 saturated carbocycles. The zero-order valence-corrected chi connectivity index (χ0v) is 24.6. The molecule has 0 spiro atoms. The van der Waals surface area contributed by atoms with Gasteiger partial charge in [0, 0.05) is 17.8 Å². The molecule has 1 heterocycles. The summed E-state index contributed by atoms with van der Waals surface area (Å²) < 4.78 is 15.3. The SMILES string of the molecule is C[C@H](/C=C/I)[C@@H](C)CC(=O)C[C@H](C)[C@@H]1O[C@H](CN=[N+]=[N-])[C@H](C)C[C@@H]1O[Si](C)(C)C(C)(C)C. The number of hydrogen-bond acceptors (Lipinski definition) is 4. The molecule has 1 aliphatic heterocycles. The van der Waals surface area contributed by atoms with Gasteiger partial charge in [-0.2, -0.15) is 0 Å². The Kier molecular flexibility index (Phi) is 11.9. The summed E-state index contributed by atoms with van der Waals surface area (Å²) in [6.07, 6.45) is 3.70. The minimum absolute atomic E-state index is 0.0426. The number of Topliss-reactive ketones (excluding diaryl/α,β-unsaturated/α-hetero) is 1. The smallest absolute Gasteiger partial charge is 0.192 e. The van der Waals surface area contributed by atoms with Crippen LogP contribution in [0, 0.1) is 23.7 Å². The Morgan fingerprint density at radius 3 is 2.47 bits per heavy atom. The maximum atomic E-state index is 12.9. The van der Waals surface area contributed by atoms with Gasteiger partial charge in [-0.05, 0) is 57.8 Å². The van der Waals surface area contributed by atoms with Crippen LogP contribution in [0.3, 0.4) is 0 Å². The number of ether oxygens (including phenoxy) is 1. The van der Waals surface area contributed by atoms with Crippen molar-refractivity contribution < 1.29 is 14.0 Å². The summed E-state index contributed by atoms with van der Waals surface area (Å²) in [6.45, 7) is 20.1. The number of carbonyl (C=O) groups is 1. The lowest BCUT2D eigenvalue weighted by molar-refractivity contribution is -0.155. The minimum Gasteiger partial charge on any atom is -0.411 e. The third kappa shape index (κ3) is 8.74. The lowest BCUT2D eigenvalue weighted by Gasteiger charge is -2.47. The van der Waals surface area contributed by atoms with E-state index >= 15 is 0 Å². The molecule has 0 aromatic heterocycles. The van der Waals surface area contributed by atoms with Gasteiger partial charge in [0.1, 0.15) is 5.78 Å². The first-order valence-electron chi connectivity index (χ1n) is 11.9. The van der Waals surface area contributed by atoms with Crippen LogP contribution in [0.4, 0.5) is 0 Å². The number of halogens is 1. The predicted octanol–water partition coefficient (Wildman–Crippen LogP) is 7.69. The van der Waals surface area contributed by atoms with Gasteiger partial charge in [-0.1, -0.05) is 82.2 Å². The molecule has 0 aromatic carbocycles. The molecule has 8 heteroatoms. The largest absolute Gasteiger partial charge is 0.411 e. The highest BCUT2D eigenvalue weighted by molar-refractivity contribution is 14.1. The molecular formula is C24H44IN3O3Si. The molecule has 0 aliphatic carbocycles. The fourth-order valence-electron chi connectivity index (χ4n) is 3.99. The predicted molar refractivity (Wildman–Crippen MR) is 143 cm³/mol. The first kappa shape index (κ1) is 29.6. The topological polar surface area (TPSA) is 84.3 Å². The molecule has 0 unspecified atom stereocenters. The molecular weight excluding hydrogens is 533 g/mol. The molecule has 0 aromatic rings. The van der Waals surface area contributed by atoms with Crippen molar-refractivity contribution in [2.45, 2.75) is 104 Å². The van der Waals surface area contributed by atoms with E-state index < -0.39 is 8.32 Å². The van der Waals surface area contributed by atoms with Gasteiger partial charge in [0.2, 0.25) is 0 Å². The summed E-state index contributed by atoms with van der Waals surface area (Å²) in [5, 5.41) is 3.86. The summed E-state index contributed by atoms with van der Waals surface area (Å²) >= 11 is 2.23. The van der Waals surface area contributed by atoms with Crippen LogP contribution in [0.1, 0.15) is 67.7 Å². The van der Waals surface area contributed by atoms with Crippen LogP contribution < -0.4 is 0 Å². The third-order valence-electron chi connectivity index (χ3n) is 7.45. The van der Waals surface area contributed by atoms with Crippen LogP contribution in [-0.2, 0) is 14.0 Å². The average molecular weight is 578 g/mol. The van der Waals surface area contributed by atoms with Gasteiger partial charge in [0.05, 0.1) is 24.9 Å². The first-order chi connectivity index (χ1) is 14.7. The van der Waals surface area contributed by atoms with Crippen LogP contribution >= 0.6 is 22.6 Å². The lowest BCUT2D eigenvalue weighted by atomic mass is 9.83. The van der Waals surface area contributed by atoms with Gasteiger partial charge in [0.25, 0.3) is 0 Å². The van der Waals surface area contributed by atoms with Crippen molar-refractivity contribution in [1.82, 2.24) is 0 Å². The maximum absolute atomic E-state index is 12.9. The van der Waals surface area contributed by atoms with Crippen molar-refractivity contribution in [3.8, 4) is 0 Å². The van der Waals surface area contributed by atoms with Gasteiger partial charge in [0.15, 0.2) is 8.32 Å². The molecule has 0 N–H and O–H groups in total. The van der Waals surface area contributed by atoms with E-state index in [4.69, 9.17) is 14.7 Å². The minimum atomic E-state index is -2.00. The van der Waals surface area contributed by atoms with E-state index in [9.17, 15) is 4.79 Å². The molecule has 6 nitrogen and oxygen atoms in total. The van der Waals surface area contributed by atoms with E-state index in [0.29, 0.717) is 31.2 Å². The fourth-order valence-corrected chi connectivity index (χ4v) is 5.99. The monoisotopic (exact) mass is 577 g/mol. The van der Waals surface area contributed by atoms with E-state index in [1.165, 1.54) is 0 Å². The summed E-state index contributed by atoms with van der Waals surface area (Å²) in [7, 11) is -2.00. The third-order valence-corrected chi connectivity index (χ3v) is 12.4. The van der Waals surface area contributed by atoms with E-state index in [-0.39, 0.29) is 41.0 Å². The Morgan fingerprint density at radius 1 is 1.31 bits per heavy atom. The van der Waals surface area contributed by atoms with E-state index in [2.05, 4.69) is 100 Å². The van der Waals surface area contributed by atoms with Crippen molar-refractivity contribution in [3.63, 3.8) is 0 Å². The van der Waals surface area contributed by atoms with Crippen molar-refractivity contribution in [1.29, 1.82) is 0 Å². The van der Waals surface area contributed by atoms with Gasteiger partial charge in [-0.25, -0.2) is 0 Å². The summed E-state index contributed by atoms with van der Waals surface area (Å²) in [6, 6.07) is 0. The average Bonchev–Trinajstić information content (AvgIpc) is 2.66. The Labute approximate surface area is 210 Å². The van der Waals surface area contributed by atoms with Crippen LogP contribution in [0.5, 0.6) is 0 Å². The molecule has 1 fully saturated rings. The molecule has 1 saturated heterocycles. The number of hydrogen-bond donors (Lipinski definition) is 0. The Hall–Kier alpha value is -0.413. The number of ketones is 1. The maximum Gasteiger partial charge on any atom is 0.192 e. The quantitative estimate of drug-likeness (QED) is 0.0830. The van der Waals surface area contributed by atoms with Gasteiger partial charge < -0.3 is 9.16 Å². The molecule has 32 heavy (non-hydrogen) atoms. The zero-order valence-electron chi connectivity index (χ0n) is 21.5. The van der Waals surface area contributed by atoms with Gasteiger partial charge >= 0.3 is 0 Å². The summed E-state index contributed by atoms with van der Waals surface area (Å²) in [4.78, 5) is 15.8. The highest BCUT2D eigenvalue weighted by atomic mass is 127. The van der Waals surface area contributed by atoms with E-state index in [1.807, 2.05) is 4.08 Å². The zero-order chi connectivity index (χ0) is 24.7. The van der Waals surface area contributed by atoms with Crippen LogP contribution in [0.2, 0.25) is 18.1 Å². The highest BCUT2D eigenvalue weighted by Crippen LogP contribution is 2.41. The second-order valence-electron chi connectivity index (χ2n) is 11.3. The molecule has 7 atom stereocenters. The fraction of sp³-hybridized carbons (Fsp3) is 0.875. The normalized spacial score (nSPS) is 27.6. The Morgan fingerprint density at radius 2 is 1.94 bits per heavy atom. The molecule has 184 valence electrons. The second-order valence-corrected chi connectivity index (χ2v) is 16.7.